The maximum absolute atomic E-state index is 12.8. The van der Waals surface area contributed by atoms with Crippen molar-refractivity contribution in [3.05, 3.63) is 59.9 Å². The van der Waals surface area contributed by atoms with Crippen LogP contribution in [0.25, 0.3) is 0 Å². The molecule has 0 saturated heterocycles. The fourth-order valence-electron chi connectivity index (χ4n) is 1.27. The predicted octanol–water partition coefficient (Wildman–Crippen LogP) is 2.94. The molecular weight excluding hydrogens is 212 g/mol. The van der Waals surface area contributed by atoms with Gasteiger partial charge in [0.15, 0.2) is 0 Å². The highest BCUT2D eigenvalue weighted by molar-refractivity contribution is 5.20. The molecule has 82 valence electrons. The van der Waals surface area contributed by atoms with Gasteiger partial charge in [0.1, 0.15) is 18.2 Å². The van der Waals surface area contributed by atoms with Gasteiger partial charge < -0.3 is 4.74 Å². The van der Waals surface area contributed by atoms with Gasteiger partial charge in [-0.15, -0.1) is 0 Å². The smallest absolute Gasteiger partial charge is 0.216 e. The van der Waals surface area contributed by atoms with Gasteiger partial charge in [-0.3, -0.25) is 0 Å². The maximum Gasteiger partial charge on any atom is 0.216 e. The summed E-state index contributed by atoms with van der Waals surface area (Å²) in [5, 5.41) is 0. The third-order valence-corrected chi connectivity index (χ3v) is 1.99. The number of aromatic nitrogens is 1. The molecule has 0 radical (unpaired) electrons. The Morgan fingerprint density at radius 3 is 2.75 bits per heavy atom. The highest BCUT2D eigenvalue weighted by Crippen LogP contribution is 2.13. The Kier molecular flexibility index (Phi) is 3.10. The molecule has 0 N–H and O–H groups in total. The largest absolute Gasteiger partial charge is 0.489 e. The van der Waals surface area contributed by atoms with Crippen LogP contribution in [0, 0.1) is 11.8 Å². The Hall–Kier alpha value is -1.97. The fourth-order valence-corrected chi connectivity index (χ4v) is 1.27. The lowest BCUT2D eigenvalue weighted by Gasteiger charge is -2.05. The molecule has 0 atom stereocenters. The molecule has 2 aromatic rings. The zero-order valence-corrected chi connectivity index (χ0v) is 8.36. The maximum atomic E-state index is 12.8. The van der Waals surface area contributed by atoms with E-state index in [0.29, 0.717) is 11.3 Å². The normalized spacial score (nSPS) is 10.1. The van der Waals surface area contributed by atoms with E-state index >= 15 is 0 Å². The third-order valence-electron chi connectivity index (χ3n) is 1.99. The summed E-state index contributed by atoms with van der Waals surface area (Å²) in [5.74, 6) is -0.546. The summed E-state index contributed by atoms with van der Waals surface area (Å²) >= 11 is 0. The lowest BCUT2D eigenvalue weighted by atomic mass is 10.2. The van der Waals surface area contributed by atoms with Gasteiger partial charge in [-0.05, 0) is 23.8 Å². The molecule has 0 amide bonds. The van der Waals surface area contributed by atoms with Gasteiger partial charge in [0, 0.05) is 12.3 Å². The van der Waals surface area contributed by atoms with Gasteiger partial charge in [0.25, 0.3) is 0 Å². The van der Waals surface area contributed by atoms with Gasteiger partial charge in [-0.2, -0.15) is 4.39 Å². The summed E-state index contributed by atoms with van der Waals surface area (Å²) in [5.41, 5.74) is 0.692. The number of nitrogens with zero attached hydrogens (tertiary/aromatic N) is 1. The molecule has 2 rings (SSSR count). The Bertz CT molecular complexity index is 442. The van der Waals surface area contributed by atoms with Crippen molar-refractivity contribution < 1.29 is 13.5 Å². The zero-order valence-electron chi connectivity index (χ0n) is 8.36. The molecular formula is C12H9F2NO. The van der Waals surface area contributed by atoms with Crippen molar-refractivity contribution in [1.29, 1.82) is 0 Å². The molecule has 0 spiro atoms. The minimum absolute atomic E-state index is 0.196. The predicted molar refractivity (Wildman–Crippen MR) is 54.9 cm³/mol. The topological polar surface area (TPSA) is 22.1 Å². The third kappa shape index (κ3) is 2.76. The Morgan fingerprint density at radius 2 is 2.00 bits per heavy atom. The van der Waals surface area contributed by atoms with Crippen LogP contribution in [0.4, 0.5) is 8.78 Å². The Balaban J connectivity index is 2.02. The van der Waals surface area contributed by atoms with Crippen LogP contribution < -0.4 is 4.74 Å². The molecule has 0 aliphatic carbocycles. The average molecular weight is 221 g/mol. The lowest BCUT2D eigenvalue weighted by molar-refractivity contribution is 0.303. The number of rotatable bonds is 3. The molecule has 1 aromatic heterocycles. The summed E-state index contributed by atoms with van der Waals surface area (Å²) in [6.45, 7) is 0.196. The van der Waals surface area contributed by atoms with Crippen molar-refractivity contribution in [2.45, 2.75) is 6.61 Å². The van der Waals surface area contributed by atoms with Gasteiger partial charge in [-0.25, -0.2) is 9.37 Å². The SMILES string of the molecule is Fc1cccc(COc2ccnc(F)c2)c1. The molecule has 0 fully saturated rings. The Labute approximate surface area is 91.5 Å². The van der Waals surface area contributed by atoms with E-state index < -0.39 is 5.95 Å². The van der Waals surface area contributed by atoms with E-state index in [1.54, 1.807) is 18.2 Å². The molecule has 0 bridgehead atoms. The number of halogens is 2. The van der Waals surface area contributed by atoms with Crippen LogP contribution in [0.5, 0.6) is 5.75 Å². The van der Waals surface area contributed by atoms with Crippen LogP contribution in [-0.4, -0.2) is 4.98 Å². The minimum Gasteiger partial charge on any atom is -0.489 e. The van der Waals surface area contributed by atoms with Gasteiger partial charge in [-0.1, -0.05) is 12.1 Å². The van der Waals surface area contributed by atoms with Crippen molar-refractivity contribution >= 4 is 0 Å². The molecule has 4 heteroatoms. The monoisotopic (exact) mass is 221 g/mol. The number of hydrogen-bond acceptors (Lipinski definition) is 2. The van der Waals surface area contributed by atoms with E-state index in [1.165, 1.54) is 24.4 Å². The first kappa shape index (κ1) is 10.5. The fraction of sp³-hybridized carbons (Fsp3) is 0.0833. The number of hydrogen-bond donors (Lipinski definition) is 0. The zero-order chi connectivity index (χ0) is 11.4. The Morgan fingerprint density at radius 1 is 1.12 bits per heavy atom. The summed E-state index contributed by atoms with van der Waals surface area (Å²) < 4.78 is 30.8. The molecule has 1 aromatic carbocycles. The van der Waals surface area contributed by atoms with E-state index in [0.717, 1.165) is 0 Å². The van der Waals surface area contributed by atoms with Crippen molar-refractivity contribution in [3.63, 3.8) is 0 Å². The average Bonchev–Trinajstić information content (AvgIpc) is 2.27. The standard InChI is InChI=1S/C12H9F2NO/c13-10-3-1-2-9(6-10)8-16-11-4-5-15-12(14)7-11/h1-7H,8H2. The quantitative estimate of drug-likeness (QED) is 0.743. The molecule has 16 heavy (non-hydrogen) atoms. The molecule has 1 heterocycles. The molecule has 0 unspecified atom stereocenters. The highest BCUT2D eigenvalue weighted by Gasteiger charge is 1.99. The van der Waals surface area contributed by atoms with Crippen LogP contribution in [0.3, 0.4) is 0 Å². The second-order valence-electron chi connectivity index (χ2n) is 3.23. The number of ether oxygens (including phenoxy) is 1. The number of benzene rings is 1. The first-order valence-corrected chi connectivity index (χ1v) is 4.73. The molecule has 2 nitrogen and oxygen atoms in total. The van der Waals surface area contributed by atoms with Crippen molar-refractivity contribution in [1.82, 2.24) is 4.98 Å². The van der Waals surface area contributed by atoms with Crippen LogP contribution in [0.15, 0.2) is 42.6 Å². The van der Waals surface area contributed by atoms with Crippen LogP contribution >= 0.6 is 0 Å². The van der Waals surface area contributed by atoms with Gasteiger partial charge in [0.05, 0.1) is 0 Å². The first-order valence-electron chi connectivity index (χ1n) is 4.73. The van der Waals surface area contributed by atoms with Crippen molar-refractivity contribution in [2.75, 3.05) is 0 Å². The number of pyridine rings is 1. The summed E-state index contributed by atoms with van der Waals surface area (Å²) in [4.78, 5) is 3.40. The van der Waals surface area contributed by atoms with E-state index in [1.807, 2.05) is 0 Å². The van der Waals surface area contributed by atoms with Crippen molar-refractivity contribution in [3.8, 4) is 5.75 Å². The van der Waals surface area contributed by atoms with Gasteiger partial charge in [0.2, 0.25) is 5.95 Å². The summed E-state index contributed by atoms with van der Waals surface area (Å²) in [6.07, 6.45) is 1.32. The molecule has 0 aliphatic heterocycles. The summed E-state index contributed by atoms with van der Waals surface area (Å²) in [6, 6.07) is 8.79. The van der Waals surface area contributed by atoms with Crippen LogP contribution in [-0.2, 0) is 6.61 Å². The van der Waals surface area contributed by atoms with Crippen molar-refractivity contribution in [2.24, 2.45) is 0 Å². The summed E-state index contributed by atoms with van der Waals surface area (Å²) in [7, 11) is 0. The van der Waals surface area contributed by atoms with Gasteiger partial charge >= 0.3 is 0 Å². The lowest BCUT2D eigenvalue weighted by Crippen LogP contribution is -1.96. The minimum atomic E-state index is -0.600. The van der Waals surface area contributed by atoms with E-state index in [-0.39, 0.29) is 12.4 Å². The first-order chi connectivity index (χ1) is 7.74. The molecule has 0 saturated carbocycles. The second-order valence-corrected chi connectivity index (χ2v) is 3.23. The van der Waals surface area contributed by atoms with E-state index in [2.05, 4.69) is 4.98 Å². The van der Waals surface area contributed by atoms with E-state index in [9.17, 15) is 8.78 Å². The van der Waals surface area contributed by atoms with Crippen LogP contribution in [0.1, 0.15) is 5.56 Å². The second kappa shape index (κ2) is 4.70. The highest BCUT2D eigenvalue weighted by atomic mass is 19.1. The van der Waals surface area contributed by atoms with E-state index in [4.69, 9.17) is 4.74 Å². The molecule has 0 aliphatic rings. The van der Waals surface area contributed by atoms with Crippen LogP contribution in [0.2, 0.25) is 0 Å².